The van der Waals surface area contributed by atoms with Crippen molar-refractivity contribution < 1.29 is 9.59 Å². The first-order chi connectivity index (χ1) is 4.74. The maximum atomic E-state index is 10.7. The lowest BCUT2D eigenvalue weighted by Crippen LogP contribution is -2.29. The van der Waals surface area contributed by atoms with Gasteiger partial charge in [0.15, 0.2) is 0 Å². The fourth-order valence-corrected chi connectivity index (χ4v) is 0.608. The molecule has 0 aromatic heterocycles. The van der Waals surface area contributed by atoms with Crippen LogP contribution < -0.4 is 5.32 Å². The van der Waals surface area contributed by atoms with Crippen molar-refractivity contribution in [3.05, 3.63) is 0 Å². The molecule has 1 N–H and O–H groups in total. The van der Waals surface area contributed by atoms with E-state index < -0.39 is 0 Å². The van der Waals surface area contributed by atoms with Crippen molar-refractivity contribution in [1.29, 1.82) is 0 Å². The minimum absolute atomic E-state index is 0.117. The van der Waals surface area contributed by atoms with Crippen molar-refractivity contribution in [3.63, 3.8) is 0 Å². The highest BCUT2D eigenvalue weighted by molar-refractivity contribution is 5.81. The lowest BCUT2D eigenvalue weighted by Gasteiger charge is -2.05. The maximum Gasteiger partial charge on any atom is 0.137 e. The first kappa shape index (κ1) is 9.30. The number of carbonyl (C=O) groups is 2. The van der Waals surface area contributed by atoms with Crippen molar-refractivity contribution in [1.82, 2.24) is 5.32 Å². The van der Waals surface area contributed by atoms with E-state index in [4.69, 9.17) is 0 Å². The van der Waals surface area contributed by atoms with Gasteiger partial charge >= 0.3 is 0 Å². The zero-order valence-electron chi connectivity index (χ0n) is 6.39. The molecule has 1 atom stereocenters. The molecule has 0 heterocycles. The molecule has 0 unspecified atom stereocenters. The summed E-state index contributed by atoms with van der Waals surface area (Å²) in [6.07, 6.45) is 1.58. The average Bonchev–Trinajstić information content (AvgIpc) is 1.99. The van der Waals surface area contributed by atoms with Crippen LogP contribution in [0.4, 0.5) is 0 Å². The first-order valence-corrected chi connectivity index (χ1v) is 3.38. The number of carbonyl (C=O) groups excluding carboxylic acids is 2. The predicted octanol–water partition coefficient (Wildman–Crippen LogP) is 0.142. The Morgan fingerprint density at radius 1 is 1.70 bits per heavy atom. The molecule has 3 nitrogen and oxygen atoms in total. The van der Waals surface area contributed by atoms with Gasteiger partial charge in [-0.2, -0.15) is 0 Å². The number of aldehydes is 1. The molecule has 0 rings (SSSR count). The van der Waals surface area contributed by atoms with Crippen LogP contribution in [-0.2, 0) is 9.59 Å². The van der Waals surface area contributed by atoms with Crippen LogP contribution in [0.25, 0.3) is 0 Å². The zero-order valence-corrected chi connectivity index (χ0v) is 6.39. The van der Waals surface area contributed by atoms with E-state index in [1.54, 1.807) is 14.0 Å². The number of ketones is 1. The standard InChI is InChI=1S/C7H13NO2/c1-3-7(10)4-6(5-9)8-2/h5-6,8H,3-4H2,1-2H3/t6-/m0/s1. The third kappa shape index (κ3) is 3.35. The SMILES string of the molecule is CCC(=O)C[C@@H](C=O)NC. The Morgan fingerprint density at radius 3 is 2.60 bits per heavy atom. The van der Waals surface area contributed by atoms with E-state index >= 15 is 0 Å². The number of Topliss-reactive ketones (excluding diaryl/α,β-unsaturated/α-hetero) is 1. The Hall–Kier alpha value is -0.700. The van der Waals surface area contributed by atoms with E-state index in [2.05, 4.69) is 5.32 Å². The van der Waals surface area contributed by atoms with Crippen molar-refractivity contribution in [2.75, 3.05) is 7.05 Å². The fraction of sp³-hybridized carbons (Fsp3) is 0.714. The Kier molecular flexibility index (Phi) is 4.76. The minimum atomic E-state index is -0.299. The molecule has 0 aliphatic rings. The lowest BCUT2D eigenvalue weighted by molar-refractivity contribution is -0.121. The van der Waals surface area contributed by atoms with Gasteiger partial charge in [-0.1, -0.05) is 6.92 Å². The summed E-state index contributed by atoms with van der Waals surface area (Å²) in [6, 6.07) is -0.299. The average molecular weight is 143 g/mol. The summed E-state index contributed by atoms with van der Waals surface area (Å²) < 4.78 is 0. The molecule has 0 aromatic carbocycles. The second-order valence-corrected chi connectivity index (χ2v) is 2.13. The molecule has 58 valence electrons. The molecule has 10 heavy (non-hydrogen) atoms. The molecule has 0 radical (unpaired) electrons. The number of likely N-dealkylation sites (N-methyl/N-ethyl adjacent to an activating group) is 1. The summed E-state index contributed by atoms with van der Waals surface area (Å²) in [5.41, 5.74) is 0. The summed E-state index contributed by atoms with van der Waals surface area (Å²) in [5, 5.41) is 2.73. The summed E-state index contributed by atoms with van der Waals surface area (Å²) in [7, 11) is 1.67. The molecule has 0 aliphatic heterocycles. The second-order valence-electron chi connectivity index (χ2n) is 2.13. The molecule has 0 saturated heterocycles. The van der Waals surface area contributed by atoms with Crippen LogP contribution in [-0.4, -0.2) is 25.2 Å². The molecule has 0 aliphatic carbocycles. The smallest absolute Gasteiger partial charge is 0.137 e. The molecule has 0 fully saturated rings. The normalized spacial score (nSPS) is 12.6. The van der Waals surface area contributed by atoms with Crippen molar-refractivity contribution in [2.24, 2.45) is 0 Å². The van der Waals surface area contributed by atoms with Gasteiger partial charge in [-0.05, 0) is 7.05 Å². The van der Waals surface area contributed by atoms with E-state index in [1.807, 2.05) is 0 Å². The highest BCUT2D eigenvalue weighted by atomic mass is 16.1. The van der Waals surface area contributed by atoms with Crippen LogP contribution in [0.3, 0.4) is 0 Å². The Labute approximate surface area is 60.8 Å². The molecular formula is C7H13NO2. The van der Waals surface area contributed by atoms with E-state index in [1.165, 1.54) is 0 Å². The number of hydrogen-bond donors (Lipinski definition) is 1. The summed E-state index contributed by atoms with van der Waals surface area (Å²) in [5.74, 6) is 0.117. The number of hydrogen-bond acceptors (Lipinski definition) is 3. The molecule has 0 spiro atoms. The Balaban J connectivity index is 3.62. The first-order valence-electron chi connectivity index (χ1n) is 3.38. The van der Waals surface area contributed by atoms with Gasteiger partial charge in [0.1, 0.15) is 12.1 Å². The zero-order chi connectivity index (χ0) is 7.98. The van der Waals surface area contributed by atoms with Crippen LogP contribution >= 0.6 is 0 Å². The van der Waals surface area contributed by atoms with Crippen molar-refractivity contribution in [2.45, 2.75) is 25.8 Å². The quantitative estimate of drug-likeness (QED) is 0.557. The van der Waals surface area contributed by atoms with Gasteiger partial charge in [0.2, 0.25) is 0 Å². The second kappa shape index (κ2) is 5.11. The molecule has 0 bridgehead atoms. The van der Waals surface area contributed by atoms with Crippen LogP contribution in [0.5, 0.6) is 0 Å². The molecular weight excluding hydrogens is 130 g/mol. The summed E-state index contributed by atoms with van der Waals surface area (Å²) in [4.78, 5) is 20.9. The van der Waals surface area contributed by atoms with Gasteiger partial charge < -0.3 is 10.1 Å². The van der Waals surface area contributed by atoms with Crippen LogP contribution in [0, 0.1) is 0 Å². The molecule has 0 aromatic rings. The van der Waals surface area contributed by atoms with E-state index in [9.17, 15) is 9.59 Å². The van der Waals surface area contributed by atoms with Crippen LogP contribution in [0.2, 0.25) is 0 Å². The number of nitrogens with one attached hydrogen (secondary N) is 1. The van der Waals surface area contributed by atoms with Crippen LogP contribution in [0.1, 0.15) is 19.8 Å². The van der Waals surface area contributed by atoms with E-state index in [-0.39, 0.29) is 11.8 Å². The van der Waals surface area contributed by atoms with Gasteiger partial charge in [0, 0.05) is 12.8 Å². The topological polar surface area (TPSA) is 46.2 Å². The van der Waals surface area contributed by atoms with Gasteiger partial charge in [-0.25, -0.2) is 0 Å². The largest absolute Gasteiger partial charge is 0.310 e. The van der Waals surface area contributed by atoms with E-state index in [0.717, 1.165) is 6.29 Å². The highest BCUT2D eigenvalue weighted by Gasteiger charge is 2.07. The third-order valence-electron chi connectivity index (χ3n) is 1.38. The molecule has 0 saturated carbocycles. The summed E-state index contributed by atoms with van der Waals surface area (Å²) >= 11 is 0. The van der Waals surface area contributed by atoms with Gasteiger partial charge in [-0.3, -0.25) is 4.79 Å². The lowest BCUT2D eigenvalue weighted by atomic mass is 10.1. The Bertz CT molecular complexity index is 123. The minimum Gasteiger partial charge on any atom is -0.310 e. The molecule has 3 heteroatoms. The van der Waals surface area contributed by atoms with Gasteiger partial charge in [0.05, 0.1) is 6.04 Å². The van der Waals surface area contributed by atoms with Crippen molar-refractivity contribution in [3.8, 4) is 0 Å². The molecule has 0 amide bonds. The Morgan fingerprint density at radius 2 is 2.30 bits per heavy atom. The predicted molar refractivity (Wildman–Crippen MR) is 38.8 cm³/mol. The van der Waals surface area contributed by atoms with Gasteiger partial charge in [0.25, 0.3) is 0 Å². The highest BCUT2D eigenvalue weighted by Crippen LogP contribution is 1.92. The number of rotatable bonds is 5. The van der Waals surface area contributed by atoms with Crippen molar-refractivity contribution >= 4 is 12.1 Å². The summed E-state index contributed by atoms with van der Waals surface area (Å²) in [6.45, 7) is 1.79. The van der Waals surface area contributed by atoms with Gasteiger partial charge in [-0.15, -0.1) is 0 Å². The van der Waals surface area contributed by atoms with Crippen LogP contribution in [0.15, 0.2) is 0 Å². The fourth-order valence-electron chi connectivity index (χ4n) is 0.608. The third-order valence-corrected chi connectivity index (χ3v) is 1.38. The monoisotopic (exact) mass is 143 g/mol. The maximum absolute atomic E-state index is 10.7. The van der Waals surface area contributed by atoms with E-state index in [0.29, 0.717) is 12.8 Å².